The van der Waals surface area contributed by atoms with Gasteiger partial charge in [-0.15, -0.1) is 11.3 Å². The van der Waals surface area contributed by atoms with E-state index in [1.807, 2.05) is 11.3 Å². The van der Waals surface area contributed by atoms with E-state index in [1.54, 1.807) is 0 Å². The summed E-state index contributed by atoms with van der Waals surface area (Å²) in [7, 11) is 2.27. The summed E-state index contributed by atoms with van der Waals surface area (Å²) < 4.78 is 0. The predicted molar refractivity (Wildman–Crippen MR) is 108 cm³/mol. The van der Waals surface area contributed by atoms with Gasteiger partial charge in [-0.1, -0.05) is 19.9 Å². The zero-order chi connectivity index (χ0) is 17.9. The maximum atomic E-state index is 5.09. The lowest BCUT2D eigenvalue weighted by atomic mass is 9.88. The van der Waals surface area contributed by atoms with Gasteiger partial charge in [0.15, 0.2) is 5.96 Å². The van der Waals surface area contributed by atoms with Crippen molar-refractivity contribution in [2.45, 2.75) is 46.1 Å². The van der Waals surface area contributed by atoms with Crippen LogP contribution in [0.15, 0.2) is 22.5 Å². The highest BCUT2D eigenvalue weighted by molar-refractivity contribution is 7.10. The van der Waals surface area contributed by atoms with Crippen molar-refractivity contribution in [3.8, 4) is 0 Å². The van der Waals surface area contributed by atoms with Gasteiger partial charge < -0.3 is 10.2 Å². The van der Waals surface area contributed by atoms with Gasteiger partial charge in [0.2, 0.25) is 0 Å². The molecule has 0 saturated carbocycles. The number of guanidine groups is 1. The summed E-state index contributed by atoms with van der Waals surface area (Å²) in [4.78, 5) is 11.6. The van der Waals surface area contributed by atoms with Gasteiger partial charge in [0.25, 0.3) is 0 Å². The molecular formula is C20H34N4S. The molecule has 2 aliphatic rings. The molecule has 4 nitrogen and oxygen atoms in total. The molecule has 0 amide bonds. The van der Waals surface area contributed by atoms with E-state index in [0.717, 1.165) is 32.1 Å². The molecule has 2 atom stereocenters. The van der Waals surface area contributed by atoms with Gasteiger partial charge in [0.1, 0.15) is 0 Å². The van der Waals surface area contributed by atoms with Crippen LogP contribution in [0.2, 0.25) is 0 Å². The molecule has 2 aliphatic heterocycles. The molecule has 0 radical (unpaired) electrons. The Balaban J connectivity index is 1.72. The molecule has 2 unspecified atom stereocenters. The third-order valence-corrected chi connectivity index (χ3v) is 6.57. The zero-order valence-electron chi connectivity index (χ0n) is 16.3. The highest BCUT2D eigenvalue weighted by Gasteiger charge is 2.33. The van der Waals surface area contributed by atoms with Crippen LogP contribution in [0.3, 0.4) is 0 Å². The van der Waals surface area contributed by atoms with E-state index in [-0.39, 0.29) is 0 Å². The summed E-state index contributed by atoms with van der Waals surface area (Å²) in [6.07, 6.45) is 3.81. The number of aliphatic imine (C=N–C) groups is 1. The Morgan fingerprint density at radius 1 is 1.40 bits per heavy atom. The summed E-state index contributed by atoms with van der Waals surface area (Å²) in [5.74, 6) is 1.73. The monoisotopic (exact) mass is 362 g/mol. The summed E-state index contributed by atoms with van der Waals surface area (Å²) >= 11 is 1.89. The standard InChI is InChI=1S/C20H34N4S/c1-5-21-19(24-12-10-20(2,3)15-24)22-14-16-8-6-11-23(4)18(16)17-9-7-13-25-17/h7,9,13,16,18H,5-6,8,10-12,14-15H2,1-4H3,(H,21,22). The Labute approximate surface area is 157 Å². The van der Waals surface area contributed by atoms with Crippen LogP contribution in [0.25, 0.3) is 0 Å². The van der Waals surface area contributed by atoms with Crippen LogP contribution in [0.4, 0.5) is 0 Å². The molecule has 1 N–H and O–H groups in total. The minimum atomic E-state index is 0.404. The van der Waals surface area contributed by atoms with E-state index in [2.05, 4.69) is 60.4 Å². The molecule has 1 aromatic rings. The number of nitrogens with one attached hydrogen (secondary N) is 1. The van der Waals surface area contributed by atoms with Crippen molar-refractivity contribution >= 4 is 17.3 Å². The van der Waals surface area contributed by atoms with Gasteiger partial charge in [-0.05, 0) is 62.6 Å². The van der Waals surface area contributed by atoms with E-state index in [0.29, 0.717) is 17.4 Å². The van der Waals surface area contributed by atoms with Crippen LogP contribution in [0, 0.1) is 11.3 Å². The van der Waals surface area contributed by atoms with Gasteiger partial charge in [-0.25, -0.2) is 0 Å². The largest absolute Gasteiger partial charge is 0.357 e. The number of likely N-dealkylation sites (tertiary alicyclic amines) is 2. The Hall–Kier alpha value is -1.07. The maximum Gasteiger partial charge on any atom is 0.193 e. The van der Waals surface area contributed by atoms with Crippen molar-refractivity contribution in [3.05, 3.63) is 22.4 Å². The number of rotatable bonds is 4. The second kappa shape index (κ2) is 8.09. The molecule has 2 fully saturated rings. The average molecular weight is 363 g/mol. The number of piperidine rings is 1. The first-order valence-corrected chi connectivity index (χ1v) is 10.6. The number of hydrogen-bond acceptors (Lipinski definition) is 3. The van der Waals surface area contributed by atoms with E-state index < -0.39 is 0 Å². The molecule has 3 heterocycles. The first-order chi connectivity index (χ1) is 12.0. The molecule has 5 heteroatoms. The van der Waals surface area contributed by atoms with Crippen LogP contribution in [0.1, 0.15) is 51.0 Å². The molecule has 1 aromatic heterocycles. The molecule has 3 rings (SSSR count). The van der Waals surface area contributed by atoms with Crippen LogP contribution in [-0.4, -0.2) is 55.5 Å². The zero-order valence-corrected chi connectivity index (χ0v) is 17.1. The van der Waals surface area contributed by atoms with E-state index >= 15 is 0 Å². The van der Waals surface area contributed by atoms with Gasteiger partial charge in [-0.3, -0.25) is 9.89 Å². The highest BCUT2D eigenvalue weighted by atomic mass is 32.1. The van der Waals surface area contributed by atoms with Crippen LogP contribution < -0.4 is 5.32 Å². The first-order valence-electron chi connectivity index (χ1n) is 9.77. The minimum absolute atomic E-state index is 0.404. The first kappa shape index (κ1) is 18.7. The fourth-order valence-electron chi connectivity index (χ4n) is 4.28. The predicted octanol–water partition coefficient (Wildman–Crippen LogP) is 3.83. The molecular weight excluding hydrogens is 328 g/mol. The minimum Gasteiger partial charge on any atom is -0.357 e. The fourth-order valence-corrected chi connectivity index (χ4v) is 5.27. The van der Waals surface area contributed by atoms with Crippen LogP contribution in [0.5, 0.6) is 0 Å². The smallest absolute Gasteiger partial charge is 0.193 e. The van der Waals surface area contributed by atoms with Crippen molar-refractivity contribution < 1.29 is 0 Å². The van der Waals surface area contributed by atoms with E-state index in [1.165, 1.54) is 30.7 Å². The lowest BCUT2D eigenvalue weighted by molar-refractivity contribution is 0.128. The fraction of sp³-hybridized carbons (Fsp3) is 0.750. The van der Waals surface area contributed by atoms with Crippen molar-refractivity contribution in [2.75, 3.05) is 39.8 Å². The van der Waals surface area contributed by atoms with Crippen molar-refractivity contribution in [3.63, 3.8) is 0 Å². The van der Waals surface area contributed by atoms with Gasteiger partial charge in [0, 0.05) is 37.1 Å². The molecule has 2 saturated heterocycles. The van der Waals surface area contributed by atoms with Gasteiger partial charge >= 0.3 is 0 Å². The molecule has 0 spiro atoms. The Morgan fingerprint density at radius 2 is 2.24 bits per heavy atom. The average Bonchev–Trinajstić information content (AvgIpc) is 3.21. The lowest BCUT2D eigenvalue weighted by Gasteiger charge is -2.38. The highest BCUT2D eigenvalue weighted by Crippen LogP contribution is 2.37. The molecule has 25 heavy (non-hydrogen) atoms. The molecule has 0 bridgehead atoms. The summed E-state index contributed by atoms with van der Waals surface area (Å²) in [6, 6.07) is 5.00. The third-order valence-electron chi connectivity index (χ3n) is 5.63. The molecule has 140 valence electrons. The Morgan fingerprint density at radius 3 is 2.88 bits per heavy atom. The van der Waals surface area contributed by atoms with Gasteiger partial charge in [0.05, 0.1) is 0 Å². The molecule has 0 aliphatic carbocycles. The second-order valence-electron chi connectivity index (χ2n) is 8.37. The number of nitrogens with zero attached hydrogens (tertiary/aromatic N) is 3. The number of thiophene rings is 1. The van der Waals surface area contributed by atoms with E-state index in [4.69, 9.17) is 4.99 Å². The van der Waals surface area contributed by atoms with Crippen molar-refractivity contribution in [1.29, 1.82) is 0 Å². The normalized spacial score (nSPS) is 27.7. The second-order valence-corrected chi connectivity index (χ2v) is 9.35. The Kier molecular flexibility index (Phi) is 6.05. The molecule has 0 aromatic carbocycles. The van der Waals surface area contributed by atoms with Crippen molar-refractivity contribution in [1.82, 2.24) is 15.1 Å². The SMILES string of the molecule is CCNC(=NCC1CCCN(C)C1c1cccs1)N1CCC(C)(C)C1. The van der Waals surface area contributed by atoms with Gasteiger partial charge in [-0.2, -0.15) is 0 Å². The van der Waals surface area contributed by atoms with Crippen molar-refractivity contribution in [2.24, 2.45) is 16.3 Å². The van der Waals surface area contributed by atoms with E-state index in [9.17, 15) is 0 Å². The lowest BCUT2D eigenvalue weighted by Crippen LogP contribution is -2.42. The third kappa shape index (κ3) is 4.56. The summed E-state index contributed by atoms with van der Waals surface area (Å²) in [5, 5.41) is 5.73. The summed E-state index contributed by atoms with van der Waals surface area (Å²) in [5.41, 5.74) is 0.404. The number of hydrogen-bond donors (Lipinski definition) is 1. The Bertz CT molecular complexity index is 566. The van der Waals surface area contributed by atoms with Crippen LogP contribution in [-0.2, 0) is 0 Å². The maximum absolute atomic E-state index is 5.09. The van der Waals surface area contributed by atoms with Crippen LogP contribution >= 0.6 is 11.3 Å². The summed E-state index contributed by atoms with van der Waals surface area (Å²) in [6.45, 7) is 12.2. The topological polar surface area (TPSA) is 30.9 Å². The quantitative estimate of drug-likeness (QED) is 0.652.